The molecule has 6 nitrogen and oxygen atoms in total. The first-order chi connectivity index (χ1) is 13.7. The second-order valence-corrected chi connectivity index (χ2v) is 7.91. The number of carbonyl (C=O) groups is 1. The van der Waals surface area contributed by atoms with E-state index in [1.165, 1.54) is 24.8 Å². The fourth-order valence-electron chi connectivity index (χ4n) is 4.12. The van der Waals surface area contributed by atoms with Crippen LogP contribution >= 0.6 is 24.0 Å². The molecule has 1 saturated heterocycles. The van der Waals surface area contributed by atoms with Gasteiger partial charge in [-0.05, 0) is 43.9 Å². The third-order valence-corrected chi connectivity index (χ3v) is 5.67. The summed E-state index contributed by atoms with van der Waals surface area (Å²) in [6, 6.07) is 8.32. The first-order valence-electron chi connectivity index (χ1n) is 10.6. The Morgan fingerprint density at radius 1 is 1.24 bits per heavy atom. The van der Waals surface area contributed by atoms with Crippen molar-refractivity contribution in [2.75, 3.05) is 33.3 Å². The average molecular weight is 514 g/mol. The van der Waals surface area contributed by atoms with Gasteiger partial charge in [0.25, 0.3) is 0 Å². The number of nitrogens with zero attached hydrogens (tertiary/aromatic N) is 2. The number of likely N-dealkylation sites (tertiary alicyclic amines) is 1. The van der Waals surface area contributed by atoms with E-state index in [0.29, 0.717) is 19.1 Å². The smallest absolute Gasteiger partial charge is 0.225 e. The Bertz CT molecular complexity index is 677. The monoisotopic (exact) mass is 514 g/mol. The number of hydrogen-bond acceptors (Lipinski definition) is 3. The lowest BCUT2D eigenvalue weighted by atomic mass is 9.88. The molecule has 1 aliphatic heterocycles. The van der Waals surface area contributed by atoms with Crippen molar-refractivity contribution in [1.29, 1.82) is 0 Å². The second kappa shape index (κ2) is 12.2. The first kappa shape index (κ1) is 23.8. The Labute approximate surface area is 191 Å². The number of rotatable bonds is 6. The third-order valence-electron chi connectivity index (χ3n) is 5.67. The molecule has 7 heteroatoms. The number of aliphatic imine (C=N–C) groups is 1. The molecule has 2 N–H and O–H groups in total. The van der Waals surface area contributed by atoms with Crippen LogP contribution < -0.4 is 15.4 Å². The van der Waals surface area contributed by atoms with Crippen molar-refractivity contribution in [3.8, 4) is 5.75 Å². The van der Waals surface area contributed by atoms with E-state index >= 15 is 0 Å². The van der Waals surface area contributed by atoms with Crippen molar-refractivity contribution >= 4 is 35.8 Å². The molecule has 29 heavy (non-hydrogen) atoms. The van der Waals surface area contributed by atoms with Crippen LogP contribution in [0.2, 0.25) is 0 Å². The summed E-state index contributed by atoms with van der Waals surface area (Å²) in [6.45, 7) is 4.92. The molecule has 1 amide bonds. The van der Waals surface area contributed by atoms with Crippen LogP contribution in [-0.2, 0) is 4.79 Å². The van der Waals surface area contributed by atoms with E-state index in [4.69, 9.17) is 4.74 Å². The zero-order chi connectivity index (χ0) is 19.8. The van der Waals surface area contributed by atoms with Gasteiger partial charge in [0.05, 0.1) is 6.54 Å². The summed E-state index contributed by atoms with van der Waals surface area (Å²) in [6.07, 6.45) is 6.79. The highest BCUT2D eigenvalue weighted by molar-refractivity contribution is 14.0. The zero-order valence-electron chi connectivity index (χ0n) is 17.7. The van der Waals surface area contributed by atoms with Crippen molar-refractivity contribution in [3.05, 3.63) is 29.8 Å². The van der Waals surface area contributed by atoms with Crippen molar-refractivity contribution < 1.29 is 9.53 Å². The summed E-state index contributed by atoms with van der Waals surface area (Å²) in [5, 5.41) is 6.75. The maximum atomic E-state index is 12.7. The quantitative estimate of drug-likeness (QED) is 0.265. The van der Waals surface area contributed by atoms with Crippen LogP contribution in [0.3, 0.4) is 0 Å². The fraction of sp³-hybridized carbons (Fsp3) is 0.636. The number of aryl methyl sites for hydroxylation is 1. The minimum atomic E-state index is 0. The predicted octanol–water partition coefficient (Wildman–Crippen LogP) is 3.34. The lowest BCUT2D eigenvalue weighted by Gasteiger charge is -2.26. The van der Waals surface area contributed by atoms with E-state index in [0.717, 1.165) is 44.1 Å². The summed E-state index contributed by atoms with van der Waals surface area (Å²) in [5.41, 5.74) is 1.19. The first-order valence-corrected chi connectivity index (χ1v) is 10.6. The number of nitrogens with one attached hydrogen (secondary N) is 2. The van der Waals surface area contributed by atoms with Gasteiger partial charge in [0.2, 0.25) is 5.91 Å². The molecule has 1 aliphatic carbocycles. The van der Waals surface area contributed by atoms with E-state index in [1.54, 1.807) is 7.05 Å². The van der Waals surface area contributed by atoms with Crippen LogP contribution in [0.5, 0.6) is 5.75 Å². The highest BCUT2D eigenvalue weighted by atomic mass is 127. The van der Waals surface area contributed by atoms with Crippen molar-refractivity contribution in [2.24, 2.45) is 10.9 Å². The van der Waals surface area contributed by atoms with Crippen LogP contribution in [0, 0.1) is 12.8 Å². The number of amides is 1. The fourth-order valence-corrected chi connectivity index (χ4v) is 4.12. The lowest BCUT2D eigenvalue weighted by Crippen LogP contribution is -2.46. The minimum absolute atomic E-state index is 0. The van der Waals surface area contributed by atoms with Crippen LogP contribution in [0.4, 0.5) is 0 Å². The van der Waals surface area contributed by atoms with Gasteiger partial charge < -0.3 is 20.3 Å². The molecule has 0 spiro atoms. The van der Waals surface area contributed by atoms with E-state index in [9.17, 15) is 4.79 Å². The van der Waals surface area contributed by atoms with E-state index < -0.39 is 0 Å². The number of benzene rings is 1. The van der Waals surface area contributed by atoms with Gasteiger partial charge in [-0.2, -0.15) is 0 Å². The van der Waals surface area contributed by atoms with Crippen LogP contribution in [0.25, 0.3) is 0 Å². The molecule has 1 saturated carbocycles. The van der Waals surface area contributed by atoms with Gasteiger partial charge in [0.15, 0.2) is 5.96 Å². The standard InChI is InChI=1S/C22H34N4O2.HI/c1-17-7-6-10-20(15-17)28-14-12-24-22(23-2)25-19-11-13-26(16-19)21(27)18-8-4-3-5-9-18;/h6-7,10,15,18-19H,3-5,8-9,11-14,16H2,1-2H3,(H2,23,24,25);1H. The summed E-state index contributed by atoms with van der Waals surface area (Å²) in [7, 11) is 1.77. The number of ether oxygens (including phenoxy) is 1. The Hall–Kier alpha value is -1.51. The van der Waals surface area contributed by atoms with Gasteiger partial charge >= 0.3 is 0 Å². The highest BCUT2D eigenvalue weighted by Gasteiger charge is 2.31. The molecular formula is C22H35IN4O2. The summed E-state index contributed by atoms with van der Waals surface area (Å²) in [4.78, 5) is 19.1. The molecule has 3 rings (SSSR count). The van der Waals surface area contributed by atoms with Gasteiger partial charge in [-0.1, -0.05) is 31.4 Å². The third kappa shape index (κ3) is 7.35. The zero-order valence-corrected chi connectivity index (χ0v) is 20.0. The number of carbonyl (C=O) groups excluding carboxylic acids is 1. The lowest BCUT2D eigenvalue weighted by molar-refractivity contribution is -0.135. The van der Waals surface area contributed by atoms with Gasteiger partial charge in [-0.15, -0.1) is 24.0 Å². The van der Waals surface area contributed by atoms with E-state index in [-0.39, 0.29) is 35.9 Å². The Kier molecular flexibility index (Phi) is 10.0. The Morgan fingerprint density at radius 2 is 2.03 bits per heavy atom. The second-order valence-electron chi connectivity index (χ2n) is 7.91. The molecule has 162 valence electrons. The molecule has 1 aromatic carbocycles. The predicted molar refractivity (Wildman–Crippen MR) is 128 cm³/mol. The minimum Gasteiger partial charge on any atom is -0.492 e. The normalized spacial score (nSPS) is 20.1. The topological polar surface area (TPSA) is 66.0 Å². The van der Waals surface area contributed by atoms with Gasteiger partial charge in [-0.3, -0.25) is 9.79 Å². The molecule has 0 radical (unpaired) electrons. The molecule has 2 fully saturated rings. The van der Waals surface area contributed by atoms with Crippen molar-refractivity contribution in [2.45, 2.75) is 51.5 Å². The van der Waals surface area contributed by atoms with Crippen molar-refractivity contribution in [3.63, 3.8) is 0 Å². The molecule has 1 heterocycles. The van der Waals surface area contributed by atoms with Crippen LogP contribution in [-0.4, -0.2) is 56.1 Å². The molecule has 1 unspecified atom stereocenters. The number of guanidine groups is 1. The molecule has 1 aromatic rings. The SMILES string of the molecule is CN=C(NCCOc1cccc(C)c1)NC1CCN(C(=O)C2CCCCC2)C1.I. The summed E-state index contributed by atoms with van der Waals surface area (Å²) in [5.74, 6) is 2.27. The van der Waals surface area contributed by atoms with Crippen LogP contribution in [0.15, 0.2) is 29.3 Å². The summed E-state index contributed by atoms with van der Waals surface area (Å²) < 4.78 is 5.77. The molecular weight excluding hydrogens is 479 g/mol. The van der Waals surface area contributed by atoms with E-state index in [1.807, 2.05) is 23.1 Å². The van der Waals surface area contributed by atoms with E-state index in [2.05, 4.69) is 28.6 Å². The molecule has 2 aliphatic rings. The Balaban J connectivity index is 0.00000300. The summed E-state index contributed by atoms with van der Waals surface area (Å²) >= 11 is 0. The number of hydrogen-bond donors (Lipinski definition) is 2. The number of halogens is 1. The van der Waals surface area contributed by atoms with Gasteiger partial charge in [0, 0.05) is 32.1 Å². The molecule has 0 aromatic heterocycles. The van der Waals surface area contributed by atoms with Crippen molar-refractivity contribution in [1.82, 2.24) is 15.5 Å². The molecule has 0 bridgehead atoms. The maximum Gasteiger partial charge on any atom is 0.225 e. The highest BCUT2D eigenvalue weighted by Crippen LogP contribution is 2.26. The Morgan fingerprint density at radius 3 is 2.76 bits per heavy atom. The molecule has 1 atom stereocenters. The largest absolute Gasteiger partial charge is 0.492 e. The van der Waals surface area contributed by atoms with Gasteiger partial charge in [0.1, 0.15) is 12.4 Å². The van der Waals surface area contributed by atoms with Gasteiger partial charge in [-0.25, -0.2) is 0 Å². The maximum absolute atomic E-state index is 12.7. The average Bonchev–Trinajstić information content (AvgIpc) is 3.19. The van der Waals surface area contributed by atoms with Crippen LogP contribution in [0.1, 0.15) is 44.1 Å².